The predicted octanol–water partition coefficient (Wildman–Crippen LogP) is 0.458. The third-order valence-electron chi connectivity index (χ3n) is 4.43. The lowest BCUT2D eigenvalue weighted by molar-refractivity contribution is -0.143. The summed E-state index contributed by atoms with van der Waals surface area (Å²) >= 11 is 0. The summed E-state index contributed by atoms with van der Waals surface area (Å²) in [4.78, 5) is 24.6. The van der Waals surface area contributed by atoms with Gasteiger partial charge in [0.1, 0.15) is 0 Å². The molecule has 2 N–H and O–H groups in total. The fraction of sp³-hybridized carbons (Fsp3) is 0.846. The highest BCUT2D eigenvalue weighted by molar-refractivity contribution is 7.91. The fourth-order valence-corrected chi connectivity index (χ4v) is 4.84. The van der Waals surface area contributed by atoms with Gasteiger partial charge in [-0.1, -0.05) is 6.42 Å². The van der Waals surface area contributed by atoms with Crippen LogP contribution in [0.1, 0.15) is 32.1 Å². The van der Waals surface area contributed by atoms with E-state index < -0.39 is 21.7 Å². The van der Waals surface area contributed by atoms with Gasteiger partial charge >= 0.3 is 12.0 Å². The van der Waals surface area contributed by atoms with E-state index in [9.17, 15) is 18.0 Å². The first-order chi connectivity index (χ1) is 9.78. The number of amides is 2. The molecular formula is C13H22N2O5S. The molecule has 3 atom stereocenters. The summed E-state index contributed by atoms with van der Waals surface area (Å²) in [6.07, 6.45) is 3.11. The summed E-state index contributed by atoms with van der Waals surface area (Å²) in [6.45, 7) is 0. The molecule has 8 heteroatoms. The molecule has 0 aromatic carbocycles. The Morgan fingerprint density at radius 2 is 1.95 bits per heavy atom. The lowest BCUT2D eigenvalue weighted by Gasteiger charge is -2.31. The number of carboxylic acids is 1. The number of nitrogens with zero attached hydrogens (tertiary/aromatic N) is 1. The highest BCUT2D eigenvalue weighted by Crippen LogP contribution is 2.25. The molecule has 0 aromatic heterocycles. The van der Waals surface area contributed by atoms with Crippen LogP contribution in [0.2, 0.25) is 0 Å². The first-order valence-electron chi connectivity index (χ1n) is 7.25. The summed E-state index contributed by atoms with van der Waals surface area (Å²) in [7, 11) is -1.43. The van der Waals surface area contributed by atoms with Crippen LogP contribution in [0, 0.1) is 5.92 Å². The van der Waals surface area contributed by atoms with Crippen molar-refractivity contribution in [2.45, 2.75) is 44.2 Å². The standard InChI is InChI=1S/C13H22N2O5S/c1-15(11-5-6-21(19,20)8-11)13(18)14-10-4-2-3-9(7-10)12(16)17/h9-11H,2-8H2,1H3,(H,14,18)(H,16,17). The van der Waals surface area contributed by atoms with Gasteiger partial charge < -0.3 is 15.3 Å². The summed E-state index contributed by atoms with van der Waals surface area (Å²) in [5.41, 5.74) is 0. The van der Waals surface area contributed by atoms with Crippen molar-refractivity contribution in [3.05, 3.63) is 0 Å². The zero-order valence-electron chi connectivity index (χ0n) is 12.1. The SMILES string of the molecule is CN(C(=O)NC1CCCC(C(=O)O)C1)C1CCS(=O)(=O)C1. The second-order valence-electron chi connectivity index (χ2n) is 6.02. The second kappa shape index (κ2) is 6.21. The molecule has 1 aliphatic carbocycles. The van der Waals surface area contributed by atoms with E-state index in [1.165, 1.54) is 4.90 Å². The summed E-state index contributed by atoms with van der Waals surface area (Å²) in [5.74, 6) is -1.08. The number of carbonyl (C=O) groups excluding carboxylic acids is 1. The molecule has 2 amide bonds. The van der Waals surface area contributed by atoms with E-state index in [2.05, 4.69) is 5.32 Å². The van der Waals surface area contributed by atoms with Gasteiger partial charge in [-0.25, -0.2) is 13.2 Å². The number of carboxylic acid groups (broad SMARTS) is 1. The van der Waals surface area contributed by atoms with Crippen molar-refractivity contribution in [1.82, 2.24) is 10.2 Å². The molecule has 7 nitrogen and oxygen atoms in total. The maximum absolute atomic E-state index is 12.2. The monoisotopic (exact) mass is 318 g/mol. The number of urea groups is 1. The Balaban J connectivity index is 1.87. The van der Waals surface area contributed by atoms with Gasteiger partial charge in [0.2, 0.25) is 0 Å². The van der Waals surface area contributed by atoms with E-state index in [1.54, 1.807) is 7.05 Å². The topological polar surface area (TPSA) is 104 Å². The third-order valence-corrected chi connectivity index (χ3v) is 6.18. The van der Waals surface area contributed by atoms with Crippen LogP contribution in [-0.4, -0.2) is 61.1 Å². The van der Waals surface area contributed by atoms with E-state index >= 15 is 0 Å². The Bertz CT molecular complexity index is 519. The average Bonchev–Trinajstić information content (AvgIpc) is 2.78. The lowest BCUT2D eigenvalue weighted by Crippen LogP contribution is -2.49. The van der Waals surface area contributed by atoms with Crippen molar-refractivity contribution in [2.75, 3.05) is 18.6 Å². The van der Waals surface area contributed by atoms with E-state index in [-0.39, 0.29) is 29.6 Å². The van der Waals surface area contributed by atoms with Crippen LogP contribution >= 0.6 is 0 Å². The minimum Gasteiger partial charge on any atom is -0.481 e. The zero-order chi connectivity index (χ0) is 15.6. The number of aliphatic carboxylic acids is 1. The minimum atomic E-state index is -3.03. The molecular weight excluding hydrogens is 296 g/mol. The Morgan fingerprint density at radius 3 is 2.52 bits per heavy atom. The predicted molar refractivity (Wildman–Crippen MR) is 76.7 cm³/mol. The van der Waals surface area contributed by atoms with Gasteiger partial charge in [-0.3, -0.25) is 4.79 Å². The summed E-state index contributed by atoms with van der Waals surface area (Å²) < 4.78 is 22.9. The molecule has 2 fully saturated rings. The number of hydrogen-bond donors (Lipinski definition) is 2. The molecule has 1 saturated heterocycles. The maximum atomic E-state index is 12.2. The van der Waals surface area contributed by atoms with Crippen LogP contribution in [0.25, 0.3) is 0 Å². The lowest BCUT2D eigenvalue weighted by atomic mass is 9.86. The molecule has 21 heavy (non-hydrogen) atoms. The van der Waals surface area contributed by atoms with Gasteiger partial charge in [-0.2, -0.15) is 0 Å². The molecule has 0 spiro atoms. The molecule has 0 bridgehead atoms. The average molecular weight is 318 g/mol. The van der Waals surface area contributed by atoms with E-state index in [1.807, 2.05) is 0 Å². The highest BCUT2D eigenvalue weighted by Gasteiger charge is 2.34. The van der Waals surface area contributed by atoms with Gasteiger partial charge in [-0.15, -0.1) is 0 Å². The third kappa shape index (κ3) is 4.09. The number of carbonyl (C=O) groups is 2. The van der Waals surface area contributed by atoms with Crippen LogP contribution in [0.15, 0.2) is 0 Å². The summed E-state index contributed by atoms with van der Waals surface area (Å²) in [6, 6.07) is -0.741. The Kier molecular flexibility index (Phi) is 4.75. The smallest absolute Gasteiger partial charge is 0.317 e. The molecule has 120 valence electrons. The van der Waals surface area contributed by atoms with Gasteiger partial charge in [0.15, 0.2) is 9.84 Å². The summed E-state index contributed by atoms with van der Waals surface area (Å²) in [5, 5.41) is 11.9. The first kappa shape index (κ1) is 16.1. The van der Waals surface area contributed by atoms with Crippen molar-refractivity contribution >= 4 is 21.8 Å². The Morgan fingerprint density at radius 1 is 1.24 bits per heavy atom. The zero-order valence-corrected chi connectivity index (χ0v) is 12.9. The molecule has 0 aromatic rings. The molecule has 2 rings (SSSR count). The van der Waals surface area contributed by atoms with Gasteiger partial charge in [0.05, 0.1) is 17.4 Å². The van der Waals surface area contributed by atoms with E-state index in [4.69, 9.17) is 5.11 Å². The Labute approximate surface area is 124 Å². The largest absolute Gasteiger partial charge is 0.481 e. The quantitative estimate of drug-likeness (QED) is 0.786. The van der Waals surface area contributed by atoms with Crippen molar-refractivity contribution < 1.29 is 23.1 Å². The molecule has 0 radical (unpaired) electrons. The molecule has 1 saturated carbocycles. The van der Waals surface area contributed by atoms with Crippen LogP contribution < -0.4 is 5.32 Å². The number of hydrogen-bond acceptors (Lipinski definition) is 4. The van der Waals surface area contributed by atoms with E-state index in [0.717, 1.165) is 12.8 Å². The van der Waals surface area contributed by atoms with Crippen molar-refractivity contribution in [2.24, 2.45) is 5.92 Å². The Hall–Kier alpha value is -1.31. The number of sulfone groups is 1. The minimum absolute atomic E-state index is 0.0132. The highest BCUT2D eigenvalue weighted by atomic mass is 32.2. The fourth-order valence-electron chi connectivity index (χ4n) is 3.07. The van der Waals surface area contributed by atoms with Crippen LogP contribution in [0.5, 0.6) is 0 Å². The van der Waals surface area contributed by atoms with Crippen molar-refractivity contribution in [3.8, 4) is 0 Å². The van der Waals surface area contributed by atoms with Crippen LogP contribution in [-0.2, 0) is 14.6 Å². The first-order valence-corrected chi connectivity index (χ1v) is 9.07. The second-order valence-corrected chi connectivity index (χ2v) is 8.24. The molecule has 1 aliphatic heterocycles. The van der Waals surface area contributed by atoms with Gasteiger partial charge in [0.25, 0.3) is 0 Å². The van der Waals surface area contributed by atoms with Crippen molar-refractivity contribution in [1.29, 1.82) is 0 Å². The van der Waals surface area contributed by atoms with Crippen LogP contribution in [0.4, 0.5) is 4.79 Å². The molecule has 1 heterocycles. The van der Waals surface area contributed by atoms with Crippen molar-refractivity contribution in [3.63, 3.8) is 0 Å². The maximum Gasteiger partial charge on any atom is 0.317 e. The molecule has 3 unspecified atom stereocenters. The van der Waals surface area contributed by atoms with Crippen LogP contribution in [0.3, 0.4) is 0 Å². The number of nitrogens with one attached hydrogen (secondary N) is 1. The van der Waals surface area contributed by atoms with Gasteiger partial charge in [-0.05, 0) is 25.7 Å². The normalized spacial score (nSPS) is 31.6. The van der Waals surface area contributed by atoms with Gasteiger partial charge in [0, 0.05) is 19.1 Å². The number of rotatable bonds is 3. The molecule has 2 aliphatic rings. The van der Waals surface area contributed by atoms with E-state index in [0.29, 0.717) is 19.3 Å².